The van der Waals surface area contributed by atoms with Gasteiger partial charge >= 0.3 is 5.92 Å². The van der Waals surface area contributed by atoms with Crippen LogP contribution >= 0.6 is 0 Å². The second-order valence-corrected chi connectivity index (χ2v) is 10.3. The summed E-state index contributed by atoms with van der Waals surface area (Å²) in [6.45, 7) is 1.69. The molecule has 10 nitrogen and oxygen atoms in total. The van der Waals surface area contributed by atoms with Crippen LogP contribution in [0.25, 0.3) is 11.2 Å². The van der Waals surface area contributed by atoms with Crippen molar-refractivity contribution < 1.29 is 38.7 Å². The molecule has 0 radical (unpaired) electrons. The van der Waals surface area contributed by atoms with Gasteiger partial charge in [-0.3, -0.25) is 4.57 Å². The maximum Gasteiger partial charge on any atom is 0.309 e. The Morgan fingerprint density at radius 2 is 1.82 bits per heavy atom. The Labute approximate surface area is 227 Å². The lowest BCUT2D eigenvalue weighted by Crippen LogP contribution is -2.44. The maximum absolute atomic E-state index is 15.0. The second kappa shape index (κ2) is 9.82. The van der Waals surface area contributed by atoms with Crippen molar-refractivity contribution in [3.8, 4) is 5.75 Å². The molecule has 4 N–H and O–H groups in total. The summed E-state index contributed by atoms with van der Waals surface area (Å²) < 4.78 is 43.2. The molecular formula is C28H28F2N4O6. The molecule has 0 amide bonds. The third-order valence-electron chi connectivity index (χ3n) is 7.84. The van der Waals surface area contributed by atoms with Gasteiger partial charge in [0.2, 0.25) is 0 Å². The van der Waals surface area contributed by atoms with Crippen LogP contribution in [-0.2, 0) is 16.8 Å². The van der Waals surface area contributed by atoms with E-state index in [9.17, 15) is 29.2 Å². The van der Waals surface area contributed by atoms with E-state index in [1.807, 2.05) is 0 Å². The molecule has 1 aliphatic carbocycles. The van der Waals surface area contributed by atoms with Crippen molar-refractivity contribution in [2.75, 3.05) is 6.61 Å². The van der Waals surface area contributed by atoms with Crippen LogP contribution in [0.2, 0.25) is 0 Å². The second-order valence-electron chi connectivity index (χ2n) is 10.3. The van der Waals surface area contributed by atoms with Crippen molar-refractivity contribution in [2.24, 2.45) is 0 Å². The molecule has 6 rings (SSSR count). The number of aromatic nitrogens is 4. The van der Waals surface area contributed by atoms with Gasteiger partial charge in [-0.15, -0.1) is 0 Å². The Kier molecular flexibility index (Phi) is 6.55. The van der Waals surface area contributed by atoms with E-state index in [1.165, 1.54) is 29.4 Å². The summed E-state index contributed by atoms with van der Waals surface area (Å²) in [6.07, 6.45) is -3.80. The van der Waals surface area contributed by atoms with Crippen LogP contribution in [-0.4, -0.2) is 70.8 Å². The lowest BCUT2D eigenvalue weighted by atomic mass is 9.86. The molecule has 6 atom stereocenters. The maximum atomic E-state index is 15.0. The zero-order valence-corrected chi connectivity index (χ0v) is 21.4. The van der Waals surface area contributed by atoms with Crippen LogP contribution in [0.3, 0.4) is 0 Å². The fourth-order valence-electron chi connectivity index (χ4n) is 5.56. The Balaban J connectivity index is 1.13. The van der Waals surface area contributed by atoms with Crippen LogP contribution in [0.1, 0.15) is 41.1 Å². The molecule has 1 saturated heterocycles. The first-order valence-corrected chi connectivity index (χ1v) is 12.9. The summed E-state index contributed by atoms with van der Waals surface area (Å²) in [7, 11) is 0. The molecule has 12 heteroatoms. The summed E-state index contributed by atoms with van der Waals surface area (Å²) in [5.41, 5.74) is -0.160. The number of rotatable bonds is 7. The lowest BCUT2D eigenvalue weighted by molar-refractivity contribution is -0.226. The van der Waals surface area contributed by atoms with E-state index in [-0.39, 0.29) is 30.6 Å². The molecule has 3 heterocycles. The van der Waals surface area contributed by atoms with E-state index in [0.29, 0.717) is 28.2 Å². The highest BCUT2D eigenvalue weighted by Gasteiger charge is 2.64. The van der Waals surface area contributed by atoms with Crippen molar-refractivity contribution in [2.45, 2.75) is 61.9 Å². The molecule has 40 heavy (non-hydrogen) atoms. The van der Waals surface area contributed by atoms with Crippen LogP contribution in [0.5, 0.6) is 5.75 Å². The molecule has 0 bridgehead atoms. The van der Waals surface area contributed by atoms with Crippen LogP contribution in [0, 0.1) is 6.92 Å². The third-order valence-corrected chi connectivity index (χ3v) is 7.84. The molecule has 0 saturated carbocycles. The number of nitrogens with zero attached hydrogens (tertiary/aromatic N) is 4. The van der Waals surface area contributed by atoms with Gasteiger partial charge in [-0.2, -0.15) is 8.78 Å². The summed E-state index contributed by atoms with van der Waals surface area (Å²) in [5.74, 6) is -3.35. The van der Waals surface area contributed by atoms with Gasteiger partial charge in [0.1, 0.15) is 48.6 Å². The number of alkyl halides is 2. The van der Waals surface area contributed by atoms with Gasteiger partial charge in [0.15, 0.2) is 17.5 Å². The predicted octanol–water partition coefficient (Wildman–Crippen LogP) is 2.34. The Hall–Kier alpha value is -3.55. The highest BCUT2D eigenvalue weighted by atomic mass is 19.3. The van der Waals surface area contributed by atoms with E-state index >= 15 is 0 Å². The van der Waals surface area contributed by atoms with Gasteiger partial charge in [0.05, 0.1) is 12.0 Å². The third kappa shape index (κ3) is 4.14. The quantitative estimate of drug-likeness (QED) is 0.271. The fourth-order valence-corrected chi connectivity index (χ4v) is 5.56. The molecule has 210 valence electrons. The molecule has 1 fully saturated rings. The molecule has 2 aromatic carbocycles. The molecule has 4 aromatic rings. The Morgan fingerprint density at radius 1 is 1.02 bits per heavy atom. The molecule has 1 aliphatic heterocycles. The van der Waals surface area contributed by atoms with Gasteiger partial charge in [-0.05, 0) is 48.6 Å². The smallest absolute Gasteiger partial charge is 0.309 e. The van der Waals surface area contributed by atoms with Gasteiger partial charge in [-0.1, -0.05) is 36.4 Å². The highest BCUT2D eigenvalue weighted by Crippen LogP contribution is 2.56. The number of ether oxygens (including phenoxy) is 2. The molecule has 0 spiro atoms. The van der Waals surface area contributed by atoms with Crippen molar-refractivity contribution in [1.29, 1.82) is 0 Å². The minimum absolute atomic E-state index is 0.0210. The van der Waals surface area contributed by atoms with Gasteiger partial charge in [0.25, 0.3) is 0 Å². The molecule has 2 aliphatic rings. The predicted molar refractivity (Wildman–Crippen MR) is 136 cm³/mol. The number of aliphatic hydroxyl groups excluding tert-OH is 3. The minimum Gasteiger partial charge on any atom is -0.491 e. The van der Waals surface area contributed by atoms with Crippen LogP contribution < -0.4 is 4.74 Å². The monoisotopic (exact) mass is 554 g/mol. The largest absolute Gasteiger partial charge is 0.491 e. The SMILES string of the molecule is Cc1ncnc2c1ncn2[C@@H]1O[C@H](COc2cccc(CC[C@@]3(O)c4ccccc4C(O)C3(F)F)c2)[C@@H](O)[C@H]1O. The summed E-state index contributed by atoms with van der Waals surface area (Å²) in [6, 6.07) is 12.6. The summed E-state index contributed by atoms with van der Waals surface area (Å²) in [5, 5.41) is 42.5. The molecular weight excluding hydrogens is 526 g/mol. The van der Waals surface area contributed by atoms with Gasteiger partial charge in [0, 0.05) is 0 Å². The van der Waals surface area contributed by atoms with Crippen LogP contribution in [0.4, 0.5) is 8.78 Å². The van der Waals surface area contributed by atoms with E-state index in [0.717, 1.165) is 0 Å². The Bertz CT molecular complexity index is 1550. The lowest BCUT2D eigenvalue weighted by Gasteiger charge is -2.32. The number of hydrogen-bond acceptors (Lipinski definition) is 9. The molecule has 1 unspecified atom stereocenters. The number of imidazole rings is 1. The van der Waals surface area contributed by atoms with Crippen molar-refractivity contribution in [1.82, 2.24) is 19.5 Å². The van der Waals surface area contributed by atoms with Crippen molar-refractivity contribution in [3.05, 3.63) is 83.6 Å². The first-order chi connectivity index (χ1) is 19.1. The number of hydrogen-bond donors (Lipinski definition) is 4. The van der Waals surface area contributed by atoms with E-state index in [1.54, 1.807) is 43.3 Å². The highest BCUT2D eigenvalue weighted by molar-refractivity contribution is 5.72. The standard InChI is InChI=1S/C28H28F2N4O6/c1-15-21-25(32-13-31-15)34(14-33-21)26-23(36)22(35)20(40-26)12-39-17-6-4-5-16(11-17)9-10-27(38)19-8-3-2-7-18(19)24(37)28(27,29)30/h2-8,11,13-14,20,22-24,26,35-38H,9-10,12H2,1H3/t20-,22-,23-,24?,26-,27-/m1/s1. The number of aryl methyl sites for hydroxylation is 2. The topological polar surface area (TPSA) is 143 Å². The van der Waals surface area contributed by atoms with Crippen LogP contribution in [0.15, 0.2) is 61.2 Å². The summed E-state index contributed by atoms with van der Waals surface area (Å²) >= 11 is 0. The number of aliphatic hydroxyl groups is 4. The normalized spacial score (nSPS) is 29.1. The molecule has 2 aromatic heterocycles. The van der Waals surface area contributed by atoms with Gasteiger partial charge < -0.3 is 29.9 Å². The number of fused-ring (bicyclic) bond motifs is 2. The summed E-state index contributed by atoms with van der Waals surface area (Å²) in [4.78, 5) is 12.6. The van der Waals surface area contributed by atoms with E-state index < -0.39 is 42.2 Å². The first-order valence-electron chi connectivity index (χ1n) is 12.9. The van der Waals surface area contributed by atoms with E-state index in [2.05, 4.69) is 15.0 Å². The van der Waals surface area contributed by atoms with Crippen molar-refractivity contribution >= 4 is 11.2 Å². The minimum atomic E-state index is -3.75. The van der Waals surface area contributed by atoms with Gasteiger partial charge in [-0.25, -0.2) is 15.0 Å². The average Bonchev–Trinajstić information content (AvgIpc) is 3.55. The average molecular weight is 555 g/mol. The zero-order chi connectivity index (χ0) is 28.2. The number of halogens is 2. The number of benzene rings is 2. The zero-order valence-electron chi connectivity index (χ0n) is 21.4. The van der Waals surface area contributed by atoms with Crippen molar-refractivity contribution in [3.63, 3.8) is 0 Å². The Morgan fingerprint density at radius 3 is 2.65 bits per heavy atom. The fraction of sp³-hybridized carbons (Fsp3) is 0.393. The first kappa shape index (κ1) is 26.7. The van der Waals surface area contributed by atoms with E-state index in [4.69, 9.17) is 9.47 Å².